The maximum atomic E-state index is 12.4. The number of allylic oxidation sites excluding steroid dienone is 1. The van der Waals surface area contributed by atoms with Crippen LogP contribution in [0.2, 0.25) is 0 Å². The lowest BCUT2D eigenvalue weighted by molar-refractivity contribution is -0.126. The molecule has 1 aliphatic rings. The van der Waals surface area contributed by atoms with E-state index in [0.717, 1.165) is 12.0 Å². The second-order valence-corrected chi connectivity index (χ2v) is 4.87. The minimum atomic E-state index is -0.0757. The van der Waals surface area contributed by atoms with E-state index in [1.807, 2.05) is 34.6 Å². The predicted octanol–water partition coefficient (Wildman–Crippen LogP) is 2.25. The molecule has 0 aromatic carbocycles. The van der Waals surface area contributed by atoms with Crippen molar-refractivity contribution in [3.63, 3.8) is 0 Å². The first kappa shape index (κ1) is 19.4. The van der Waals surface area contributed by atoms with E-state index in [9.17, 15) is 9.59 Å². The van der Waals surface area contributed by atoms with E-state index in [-0.39, 0.29) is 12.0 Å². The van der Waals surface area contributed by atoms with E-state index in [2.05, 4.69) is 5.32 Å². The highest BCUT2D eigenvalue weighted by Gasteiger charge is 2.20. The zero-order valence-electron chi connectivity index (χ0n) is 13.8. The summed E-state index contributed by atoms with van der Waals surface area (Å²) < 4.78 is 5.52. The van der Waals surface area contributed by atoms with Gasteiger partial charge in [-0.3, -0.25) is 9.59 Å². The van der Waals surface area contributed by atoms with Crippen molar-refractivity contribution in [1.29, 1.82) is 0 Å². The van der Waals surface area contributed by atoms with Crippen LogP contribution >= 0.6 is 0 Å². The Morgan fingerprint density at radius 2 is 1.95 bits per heavy atom. The smallest absolute Gasteiger partial charge is 0.255 e. The highest BCUT2D eigenvalue weighted by atomic mass is 16.5. The fourth-order valence-corrected chi connectivity index (χ4v) is 1.88. The maximum Gasteiger partial charge on any atom is 0.255 e. The van der Waals surface area contributed by atoms with Gasteiger partial charge >= 0.3 is 0 Å². The van der Waals surface area contributed by atoms with Crippen molar-refractivity contribution in [3.05, 3.63) is 23.4 Å². The van der Waals surface area contributed by atoms with Gasteiger partial charge in [0.05, 0.1) is 18.3 Å². The van der Waals surface area contributed by atoms with Crippen LogP contribution in [-0.2, 0) is 14.3 Å². The van der Waals surface area contributed by atoms with Gasteiger partial charge in [0.2, 0.25) is 6.41 Å². The van der Waals surface area contributed by atoms with Gasteiger partial charge in [0, 0.05) is 19.3 Å². The minimum Gasteiger partial charge on any atom is -0.377 e. The molecule has 1 rings (SSSR count). The lowest BCUT2D eigenvalue weighted by Gasteiger charge is -2.20. The van der Waals surface area contributed by atoms with Gasteiger partial charge in [0.25, 0.3) is 5.91 Å². The number of nitrogens with zero attached hydrogens (tertiary/aromatic N) is 1. The van der Waals surface area contributed by atoms with Gasteiger partial charge in [-0.1, -0.05) is 19.4 Å². The van der Waals surface area contributed by atoms with Crippen LogP contribution in [0.1, 0.15) is 41.0 Å². The Balaban J connectivity index is 0.00000191. The molecule has 1 aliphatic heterocycles. The molecule has 0 aromatic rings. The van der Waals surface area contributed by atoms with Crippen LogP contribution in [0.15, 0.2) is 23.4 Å². The SMILES string of the molecule is CC.CC(C)=C/C(=C\NC=O)C(=O)N1CCOC(C)CC1. The third kappa shape index (κ3) is 7.66. The molecule has 5 heteroatoms. The third-order valence-corrected chi connectivity index (χ3v) is 2.85. The van der Waals surface area contributed by atoms with Gasteiger partial charge < -0.3 is 15.0 Å². The van der Waals surface area contributed by atoms with Gasteiger partial charge in [-0.05, 0) is 33.3 Å². The number of carbonyl (C=O) groups excluding carboxylic acids is 2. The predicted molar refractivity (Wildman–Crippen MR) is 84.7 cm³/mol. The Kier molecular flexibility index (Phi) is 10.2. The number of rotatable bonds is 4. The Morgan fingerprint density at radius 3 is 2.52 bits per heavy atom. The second-order valence-electron chi connectivity index (χ2n) is 4.87. The molecule has 120 valence electrons. The highest BCUT2D eigenvalue weighted by molar-refractivity contribution is 5.96. The summed E-state index contributed by atoms with van der Waals surface area (Å²) in [5, 5.41) is 2.43. The maximum absolute atomic E-state index is 12.4. The summed E-state index contributed by atoms with van der Waals surface area (Å²) in [5.41, 5.74) is 1.49. The molecule has 0 saturated carbocycles. The van der Waals surface area contributed by atoms with Crippen molar-refractivity contribution in [3.8, 4) is 0 Å². The quantitative estimate of drug-likeness (QED) is 0.492. The van der Waals surface area contributed by atoms with Crippen molar-refractivity contribution >= 4 is 12.3 Å². The van der Waals surface area contributed by atoms with Gasteiger partial charge in [0.1, 0.15) is 0 Å². The topological polar surface area (TPSA) is 58.6 Å². The fourth-order valence-electron chi connectivity index (χ4n) is 1.88. The van der Waals surface area contributed by atoms with Crippen molar-refractivity contribution in [2.75, 3.05) is 19.7 Å². The summed E-state index contributed by atoms with van der Waals surface area (Å²) in [6.07, 6.45) is 4.78. The molecule has 1 heterocycles. The molecule has 1 atom stereocenters. The van der Waals surface area contributed by atoms with E-state index in [4.69, 9.17) is 4.74 Å². The van der Waals surface area contributed by atoms with E-state index in [1.165, 1.54) is 6.20 Å². The lowest BCUT2D eigenvalue weighted by Crippen LogP contribution is -2.34. The van der Waals surface area contributed by atoms with E-state index in [1.54, 1.807) is 11.0 Å². The molecule has 0 spiro atoms. The Hall–Kier alpha value is -1.62. The monoisotopic (exact) mass is 296 g/mol. The molecule has 21 heavy (non-hydrogen) atoms. The molecule has 1 fully saturated rings. The summed E-state index contributed by atoms with van der Waals surface area (Å²) in [6.45, 7) is 11.6. The minimum absolute atomic E-state index is 0.0757. The summed E-state index contributed by atoms with van der Waals surface area (Å²) >= 11 is 0. The first-order valence-electron chi connectivity index (χ1n) is 7.50. The van der Waals surface area contributed by atoms with Crippen LogP contribution in [-0.4, -0.2) is 43.0 Å². The molecule has 0 bridgehead atoms. The molecule has 0 radical (unpaired) electrons. The molecule has 5 nitrogen and oxygen atoms in total. The molecule has 2 amide bonds. The van der Waals surface area contributed by atoms with Gasteiger partial charge in [-0.15, -0.1) is 0 Å². The molecular formula is C16H28N2O3. The molecule has 1 saturated heterocycles. The van der Waals surface area contributed by atoms with Crippen LogP contribution in [0, 0.1) is 0 Å². The van der Waals surface area contributed by atoms with Crippen molar-refractivity contribution in [1.82, 2.24) is 10.2 Å². The average Bonchev–Trinajstić information content (AvgIpc) is 2.69. The van der Waals surface area contributed by atoms with Crippen molar-refractivity contribution in [2.45, 2.75) is 47.1 Å². The van der Waals surface area contributed by atoms with E-state index >= 15 is 0 Å². The fraction of sp³-hybridized carbons (Fsp3) is 0.625. The molecule has 1 unspecified atom stereocenters. The number of hydrogen-bond acceptors (Lipinski definition) is 3. The van der Waals surface area contributed by atoms with Crippen LogP contribution < -0.4 is 5.32 Å². The summed E-state index contributed by atoms with van der Waals surface area (Å²) in [4.78, 5) is 24.5. The van der Waals surface area contributed by atoms with E-state index in [0.29, 0.717) is 31.7 Å². The van der Waals surface area contributed by atoms with Crippen LogP contribution in [0.4, 0.5) is 0 Å². The Bertz CT molecular complexity index is 385. The average molecular weight is 296 g/mol. The Morgan fingerprint density at radius 1 is 1.29 bits per heavy atom. The Labute approximate surface area is 128 Å². The summed E-state index contributed by atoms with van der Waals surface area (Å²) in [7, 11) is 0. The number of amides is 2. The van der Waals surface area contributed by atoms with Gasteiger partial charge in [-0.2, -0.15) is 0 Å². The third-order valence-electron chi connectivity index (χ3n) is 2.85. The van der Waals surface area contributed by atoms with Gasteiger partial charge in [-0.25, -0.2) is 0 Å². The molecule has 0 aromatic heterocycles. The second kappa shape index (κ2) is 11.1. The number of hydrogen-bond donors (Lipinski definition) is 1. The number of ether oxygens (including phenoxy) is 1. The largest absolute Gasteiger partial charge is 0.377 e. The van der Waals surface area contributed by atoms with Crippen LogP contribution in [0.5, 0.6) is 0 Å². The van der Waals surface area contributed by atoms with Crippen LogP contribution in [0.25, 0.3) is 0 Å². The molecule has 1 N–H and O–H groups in total. The van der Waals surface area contributed by atoms with Crippen molar-refractivity contribution in [2.24, 2.45) is 0 Å². The zero-order chi connectivity index (χ0) is 16.3. The summed E-state index contributed by atoms with van der Waals surface area (Å²) in [6, 6.07) is 0. The van der Waals surface area contributed by atoms with Gasteiger partial charge in [0.15, 0.2) is 0 Å². The van der Waals surface area contributed by atoms with Crippen molar-refractivity contribution < 1.29 is 14.3 Å². The standard InChI is InChI=1S/C14H22N2O3.C2H6/c1-11(2)8-13(9-15-10-17)14(18)16-5-4-12(3)19-7-6-16;1-2/h8-10,12H,4-7H2,1-3H3,(H,15,17);1-2H3/b13-9+;. The first-order valence-corrected chi connectivity index (χ1v) is 7.50. The first-order chi connectivity index (χ1) is 10.0. The van der Waals surface area contributed by atoms with Crippen LogP contribution in [0.3, 0.4) is 0 Å². The number of carbonyl (C=O) groups is 2. The van der Waals surface area contributed by atoms with E-state index < -0.39 is 0 Å². The molecule has 0 aliphatic carbocycles. The summed E-state index contributed by atoms with van der Waals surface area (Å²) in [5.74, 6) is -0.0757. The number of nitrogens with one attached hydrogen (secondary N) is 1. The lowest BCUT2D eigenvalue weighted by atomic mass is 10.1. The normalized spacial score (nSPS) is 18.8. The zero-order valence-corrected chi connectivity index (χ0v) is 13.8. The molecular weight excluding hydrogens is 268 g/mol. The highest BCUT2D eigenvalue weighted by Crippen LogP contribution is 2.11.